The van der Waals surface area contributed by atoms with Crippen LogP contribution in [0.15, 0.2) is 103 Å². The van der Waals surface area contributed by atoms with E-state index in [4.69, 9.17) is 4.43 Å². The predicted molar refractivity (Wildman–Crippen MR) is 145 cm³/mol. The van der Waals surface area contributed by atoms with Crippen LogP contribution in [0.5, 0.6) is 0 Å². The van der Waals surface area contributed by atoms with Crippen molar-refractivity contribution in [2.24, 2.45) is 5.92 Å². The van der Waals surface area contributed by atoms with Crippen molar-refractivity contribution in [2.75, 3.05) is 6.61 Å². The number of rotatable bonds is 7. The lowest BCUT2D eigenvalue weighted by molar-refractivity contribution is 0.0963. The third kappa shape index (κ3) is 4.00. The highest BCUT2D eigenvalue weighted by Gasteiger charge is 2.52. The smallest absolute Gasteiger partial charge is 0.261 e. The first kappa shape index (κ1) is 23.3. The van der Waals surface area contributed by atoms with E-state index in [0.717, 1.165) is 6.61 Å². The van der Waals surface area contributed by atoms with Crippen LogP contribution in [0.2, 0.25) is 5.04 Å². The molecule has 4 atom stereocenters. The zero-order valence-electron chi connectivity index (χ0n) is 20.9. The third-order valence-electron chi connectivity index (χ3n) is 7.97. The molecule has 0 aromatic heterocycles. The van der Waals surface area contributed by atoms with Gasteiger partial charge in [-0.1, -0.05) is 124 Å². The lowest BCUT2D eigenvalue weighted by Gasteiger charge is -2.45. The van der Waals surface area contributed by atoms with E-state index in [2.05, 4.69) is 136 Å². The molecule has 3 aromatic rings. The Morgan fingerprint density at radius 3 is 1.88 bits per heavy atom. The van der Waals surface area contributed by atoms with Crippen LogP contribution in [0.3, 0.4) is 0 Å². The number of fused-ring (bicyclic) bond motifs is 2. The van der Waals surface area contributed by atoms with Crippen molar-refractivity contribution >= 4 is 18.7 Å². The molecule has 1 fully saturated rings. The van der Waals surface area contributed by atoms with Crippen molar-refractivity contribution in [3.05, 3.63) is 109 Å². The van der Waals surface area contributed by atoms with Crippen LogP contribution in [-0.4, -0.2) is 31.9 Å². The molecule has 2 bridgehead atoms. The van der Waals surface area contributed by atoms with Crippen LogP contribution in [0.4, 0.5) is 0 Å². The maximum atomic E-state index is 7.38. The highest BCUT2D eigenvalue weighted by molar-refractivity contribution is 6.99. The van der Waals surface area contributed by atoms with Crippen molar-refractivity contribution in [3.63, 3.8) is 0 Å². The van der Waals surface area contributed by atoms with Gasteiger partial charge in [0.05, 0.1) is 6.61 Å². The van der Waals surface area contributed by atoms with E-state index in [0.29, 0.717) is 24.0 Å². The van der Waals surface area contributed by atoms with Gasteiger partial charge < -0.3 is 4.43 Å². The summed E-state index contributed by atoms with van der Waals surface area (Å²) in [6.45, 7) is 10.2. The van der Waals surface area contributed by atoms with Crippen LogP contribution >= 0.6 is 0 Å². The lowest BCUT2D eigenvalue weighted by Crippen LogP contribution is -2.67. The summed E-state index contributed by atoms with van der Waals surface area (Å²) >= 11 is 0. The maximum Gasteiger partial charge on any atom is 0.261 e. The molecule has 3 heteroatoms. The van der Waals surface area contributed by atoms with Gasteiger partial charge in [0.15, 0.2) is 0 Å². The SMILES string of the molecule is C[C@H](c1ccccc1)N1[C@@H]2C=C[C@@H](C2)[C@H]1CO[Si](c1ccccc1)(c1ccccc1)C(C)(C)C. The molecule has 0 amide bonds. The quantitative estimate of drug-likeness (QED) is 0.314. The molecule has 34 heavy (non-hydrogen) atoms. The van der Waals surface area contributed by atoms with E-state index in [1.165, 1.54) is 22.4 Å². The van der Waals surface area contributed by atoms with Crippen LogP contribution < -0.4 is 10.4 Å². The summed E-state index contributed by atoms with van der Waals surface area (Å²) in [4.78, 5) is 2.72. The number of hydrogen-bond acceptors (Lipinski definition) is 2. The Morgan fingerprint density at radius 2 is 1.35 bits per heavy atom. The second kappa shape index (κ2) is 9.29. The fourth-order valence-corrected chi connectivity index (χ4v) is 10.9. The first-order valence-electron chi connectivity index (χ1n) is 12.7. The van der Waals surface area contributed by atoms with E-state index < -0.39 is 8.32 Å². The number of nitrogens with zero attached hydrogens (tertiary/aromatic N) is 1. The number of benzene rings is 3. The fraction of sp³-hybridized carbons (Fsp3) is 0.355. The normalized spacial score (nSPS) is 23.4. The summed E-state index contributed by atoms with van der Waals surface area (Å²) in [5.74, 6) is 0.564. The lowest BCUT2D eigenvalue weighted by atomic mass is 10.00. The third-order valence-corrected chi connectivity index (χ3v) is 13.0. The van der Waals surface area contributed by atoms with E-state index in [9.17, 15) is 0 Å². The Labute approximate surface area is 206 Å². The fourth-order valence-electron chi connectivity index (χ4n) is 6.34. The van der Waals surface area contributed by atoms with Crippen LogP contribution in [-0.2, 0) is 4.43 Å². The number of likely N-dealkylation sites (tertiary alicyclic amines) is 1. The molecule has 0 saturated carbocycles. The second-order valence-electron chi connectivity index (χ2n) is 10.9. The van der Waals surface area contributed by atoms with Gasteiger partial charge in [-0.3, -0.25) is 4.90 Å². The zero-order chi connectivity index (χ0) is 23.8. The highest BCUT2D eigenvalue weighted by Crippen LogP contribution is 2.44. The summed E-state index contributed by atoms with van der Waals surface area (Å²) < 4.78 is 7.38. The van der Waals surface area contributed by atoms with Crippen LogP contribution in [0.25, 0.3) is 0 Å². The molecule has 1 aliphatic heterocycles. The van der Waals surface area contributed by atoms with E-state index in [-0.39, 0.29) is 5.04 Å². The Balaban J connectivity index is 1.52. The average Bonchev–Trinajstić information content (AvgIpc) is 3.47. The minimum Gasteiger partial charge on any atom is -0.406 e. The second-order valence-corrected chi connectivity index (χ2v) is 15.2. The number of hydrogen-bond donors (Lipinski definition) is 0. The Kier molecular flexibility index (Phi) is 6.37. The molecule has 1 aliphatic carbocycles. The maximum absolute atomic E-state index is 7.38. The van der Waals surface area contributed by atoms with Crippen molar-refractivity contribution in [1.29, 1.82) is 0 Å². The van der Waals surface area contributed by atoms with E-state index in [1.54, 1.807) is 0 Å². The Hall–Kier alpha value is -2.46. The molecule has 1 saturated heterocycles. The van der Waals surface area contributed by atoms with E-state index >= 15 is 0 Å². The minimum atomic E-state index is -2.54. The van der Waals surface area contributed by atoms with Gasteiger partial charge in [0.1, 0.15) is 0 Å². The zero-order valence-corrected chi connectivity index (χ0v) is 21.9. The topological polar surface area (TPSA) is 12.5 Å². The van der Waals surface area contributed by atoms with Crippen LogP contribution in [0, 0.1) is 5.92 Å². The Bertz CT molecular complexity index is 1070. The average molecular weight is 468 g/mol. The molecule has 0 N–H and O–H groups in total. The molecule has 0 unspecified atom stereocenters. The Morgan fingerprint density at radius 1 is 0.824 bits per heavy atom. The standard InChI is InChI=1S/C31H37NOSi/c1-24(25-14-8-5-9-15-25)32-27-21-20-26(22-27)30(32)23-33-34(31(2,3)4,28-16-10-6-11-17-28)29-18-12-7-13-19-29/h5-21,24,26-27,30H,22-23H2,1-4H3/t24-,26+,27-,30-/m1/s1. The first-order chi connectivity index (χ1) is 16.4. The van der Waals surface area contributed by atoms with Crippen molar-refractivity contribution in [3.8, 4) is 0 Å². The monoisotopic (exact) mass is 467 g/mol. The van der Waals surface area contributed by atoms with Gasteiger partial charge in [-0.2, -0.15) is 0 Å². The summed E-state index contributed by atoms with van der Waals surface area (Å²) in [5, 5.41) is 2.71. The molecule has 5 rings (SSSR count). The van der Waals surface area contributed by atoms with Gasteiger partial charge in [0.2, 0.25) is 0 Å². The van der Waals surface area contributed by atoms with Crippen molar-refractivity contribution in [1.82, 2.24) is 4.90 Å². The van der Waals surface area contributed by atoms with Gasteiger partial charge in [-0.05, 0) is 40.2 Å². The molecule has 1 heterocycles. The summed E-state index contributed by atoms with van der Waals surface area (Å²) in [6.07, 6.45) is 6.08. The summed E-state index contributed by atoms with van der Waals surface area (Å²) in [7, 11) is -2.54. The molecular formula is C31H37NOSi. The van der Waals surface area contributed by atoms with Crippen LogP contribution in [0.1, 0.15) is 45.7 Å². The largest absolute Gasteiger partial charge is 0.406 e. The van der Waals surface area contributed by atoms with E-state index in [1.807, 2.05) is 0 Å². The van der Waals surface area contributed by atoms with Gasteiger partial charge >= 0.3 is 0 Å². The van der Waals surface area contributed by atoms with Crippen molar-refractivity contribution < 1.29 is 4.43 Å². The van der Waals surface area contributed by atoms with Gasteiger partial charge in [-0.25, -0.2) is 0 Å². The molecule has 2 aliphatic rings. The molecular weight excluding hydrogens is 430 g/mol. The predicted octanol–water partition coefficient (Wildman–Crippen LogP) is 5.95. The molecule has 2 nitrogen and oxygen atoms in total. The van der Waals surface area contributed by atoms with Crippen molar-refractivity contribution in [2.45, 2.75) is 57.3 Å². The van der Waals surface area contributed by atoms with Gasteiger partial charge in [0.25, 0.3) is 8.32 Å². The van der Waals surface area contributed by atoms with Gasteiger partial charge in [-0.15, -0.1) is 0 Å². The summed E-state index contributed by atoms with van der Waals surface area (Å²) in [6, 6.07) is 34.3. The first-order valence-corrected chi connectivity index (χ1v) is 14.6. The molecule has 176 valence electrons. The molecule has 3 aromatic carbocycles. The summed E-state index contributed by atoms with van der Waals surface area (Å²) in [5.41, 5.74) is 1.39. The molecule has 0 radical (unpaired) electrons. The highest BCUT2D eigenvalue weighted by atomic mass is 28.4. The molecule has 0 spiro atoms. The van der Waals surface area contributed by atoms with Gasteiger partial charge in [0, 0.05) is 18.1 Å². The minimum absolute atomic E-state index is 0.000951.